The van der Waals surface area contributed by atoms with Crippen molar-refractivity contribution in [1.82, 2.24) is 10.2 Å². The smallest absolute Gasteiger partial charge is 0.217 e. The number of aromatic nitrogens is 2. The minimum absolute atomic E-state index is 0.201. The molecule has 86 valence electrons. The van der Waals surface area contributed by atoms with E-state index in [0.29, 0.717) is 11.3 Å². The van der Waals surface area contributed by atoms with Gasteiger partial charge in [0.05, 0.1) is 18.9 Å². The molecule has 0 aliphatic heterocycles. The number of nitrogens with one attached hydrogen (secondary N) is 1. The van der Waals surface area contributed by atoms with E-state index in [0.717, 1.165) is 15.1 Å². The van der Waals surface area contributed by atoms with Gasteiger partial charge in [-0.05, 0) is 18.2 Å². The van der Waals surface area contributed by atoms with Crippen LogP contribution in [-0.4, -0.2) is 17.3 Å². The van der Waals surface area contributed by atoms with Crippen molar-refractivity contribution in [2.24, 2.45) is 0 Å². The molecule has 3 rings (SSSR count). The van der Waals surface area contributed by atoms with E-state index in [1.807, 2.05) is 12.1 Å². The molecule has 0 saturated heterocycles. The Kier molecular flexibility index (Phi) is 2.33. The summed E-state index contributed by atoms with van der Waals surface area (Å²) in [4.78, 5) is 0.940. The zero-order valence-electron chi connectivity index (χ0n) is 9.03. The van der Waals surface area contributed by atoms with Crippen LogP contribution in [0.25, 0.3) is 20.5 Å². The van der Waals surface area contributed by atoms with Crippen molar-refractivity contribution < 1.29 is 9.13 Å². The maximum atomic E-state index is 13.6. The fraction of sp³-hybridized carbons (Fsp3) is 0.0833. The number of H-pyrrole nitrogens is 1. The number of aromatic amines is 1. The molecule has 0 spiro atoms. The highest BCUT2D eigenvalue weighted by Crippen LogP contribution is 2.37. The van der Waals surface area contributed by atoms with E-state index >= 15 is 0 Å². The van der Waals surface area contributed by atoms with Crippen LogP contribution in [0.4, 0.5) is 4.39 Å². The maximum Gasteiger partial charge on any atom is 0.217 e. The SMILES string of the molecule is COc1[nH]ncc1-c1cc2c(F)cccc2s1. The molecule has 17 heavy (non-hydrogen) atoms. The van der Waals surface area contributed by atoms with Gasteiger partial charge in [-0.1, -0.05) is 6.07 Å². The Labute approximate surface area is 101 Å². The molecule has 2 aromatic heterocycles. The van der Waals surface area contributed by atoms with Crippen LogP contribution in [0.3, 0.4) is 0 Å². The molecule has 5 heteroatoms. The Bertz CT molecular complexity index is 674. The van der Waals surface area contributed by atoms with Crippen LogP contribution in [0.1, 0.15) is 0 Å². The van der Waals surface area contributed by atoms with Crippen molar-refractivity contribution in [1.29, 1.82) is 0 Å². The number of halogens is 1. The second kappa shape index (κ2) is 3.85. The Balaban J connectivity index is 2.22. The minimum atomic E-state index is -0.201. The van der Waals surface area contributed by atoms with Gasteiger partial charge in [-0.3, -0.25) is 0 Å². The molecule has 0 aliphatic rings. The quantitative estimate of drug-likeness (QED) is 0.754. The molecule has 2 heterocycles. The number of fused-ring (bicyclic) bond motifs is 1. The van der Waals surface area contributed by atoms with E-state index in [9.17, 15) is 4.39 Å². The molecular formula is C12H9FN2OS. The van der Waals surface area contributed by atoms with Gasteiger partial charge in [0.2, 0.25) is 5.88 Å². The largest absolute Gasteiger partial charge is 0.481 e. The van der Waals surface area contributed by atoms with Gasteiger partial charge in [0.1, 0.15) is 5.82 Å². The monoisotopic (exact) mass is 248 g/mol. The molecular weight excluding hydrogens is 239 g/mol. The van der Waals surface area contributed by atoms with Gasteiger partial charge in [0, 0.05) is 15.0 Å². The van der Waals surface area contributed by atoms with Gasteiger partial charge in [-0.25, -0.2) is 9.49 Å². The fourth-order valence-electron chi connectivity index (χ4n) is 1.76. The summed E-state index contributed by atoms with van der Waals surface area (Å²) in [7, 11) is 1.57. The molecule has 1 aromatic carbocycles. The molecule has 0 radical (unpaired) electrons. The Morgan fingerprint density at radius 2 is 2.29 bits per heavy atom. The third-order valence-electron chi connectivity index (χ3n) is 2.58. The lowest BCUT2D eigenvalue weighted by Gasteiger charge is -1.96. The average Bonchev–Trinajstić information content (AvgIpc) is 2.94. The van der Waals surface area contributed by atoms with E-state index in [1.54, 1.807) is 19.4 Å². The number of thiophene rings is 1. The second-order valence-electron chi connectivity index (χ2n) is 3.58. The van der Waals surface area contributed by atoms with Gasteiger partial charge in [-0.2, -0.15) is 5.10 Å². The van der Waals surface area contributed by atoms with Gasteiger partial charge < -0.3 is 4.74 Å². The topological polar surface area (TPSA) is 37.9 Å². The van der Waals surface area contributed by atoms with Crippen molar-refractivity contribution in [2.45, 2.75) is 0 Å². The molecule has 0 atom stereocenters. The lowest BCUT2D eigenvalue weighted by atomic mass is 10.2. The number of hydrogen-bond acceptors (Lipinski definition) is 3. The van der Waals surface area contributed by atoms with E-state index < -0.39 is 0 Å². The summed E-state index contributed by atoms with van der Waals surface area (Å²) in [5.74, 6) is 0.393. The summed E-state index contributed by atoms with van der Waals surface area (Å²) < 4.78 is 19.7. The number of ether oxygens (including phenoxy) is 1. The number of rotatable bonds is 2. The van der Waals surface area contributed by atoms with Crippen LogP contribution >= 0.6 is 11.3 Å². The number of benzene rings is 1. The summed E-state index contributed by atoms with van der Waals surface area (Å²) in [5.41, 5.74) is 0.855. The van der Waals surface area contributed by atoms with Crippen molar-refractivity contribution in [2.75, 3.05) is 7.11 Å². The normalized spacial score (nSPS) is 10.9. The first kappa shape index (κ1) is 10.3. The molecule has 0 amide bonds. The molecule has 1 N–H and O–H groups in total. The number of hydrogen-bond donors (Lipinski definition) is 1. The van der Waals surface area contributed by atoms with Gasteiger partial charge >= 0.3 is 0 Å². The van der Waals surface area contributed by atoms with Crippen LogP contribution in [-0.2, 0) is 0 Å². The summed E-state index contributed by atoms with van der Waals surface area (Å²) in [5, 5.41) is 7.31. The van der Waals surface area contributed by atoms with Crippen molar-refractivity contribution in [3.8, 4) is 16.3 Å². The molecule has 3 aromatic rings. The standard InChI is InChI=1S/C12H9FN2OS/c1-16-12-8(6-14-15-12)11-5-7-9(13)3-2-4-10(7)17-11/h2-6H,1H3,(H,14,15). The van der Waals surface area contributed by atoms with E-state index in [-0.39, 0.29) is 5.82 Å². The van der Waals surface area contributed by atoms with Crippen molar-refractivity contribution in [3.63, 3.8) is 0 Å². The third-order valence-corrected chi connectivity index (χ3v) is 3.72. The first-order valence-electron chi connectivity index (χ1n) is 5.05. The van der Waals surface area contributed by atoms with E-state index in [4.69, 9.17) is 4.74 Å². The van der Waals surface area contributed by atoms with Crippen molar-refractivity contribution >= 4 is 21.4 Å². The van der Waals surface area contributed by atoms with Gasteiger partial charge in [0.15, 0.2) is 0 Å². The second-order valence-corrected chi connectivity index (χ2v) is 4.66. The Hall–Kier alpha value is -1.88. The van der Waals surface area contributed by atoms with E-state index in [2.05, 4.69) is 10.2 Å². The van der Waals surface area contributed by atoms with Crippen molar-refractivity contribution in [3.05, 3.63) is 36.3 Å². The first-order chi connectivity index (χ1) is 8.29. The number of nitrogens with zero attached hydrogens (tertiary/aromatic N) is 1. The van der Waals surface area contributed by atoms with Gasteiger partial charge in [0.25, 0.3) is 0 Å². The Morgan fingerprint density at radius 3 is 3.06 bits per heavy atom. The average molecular weight is 248 g/mol. The Morgan fingerprint density at radius 1 is 1.41 bits per heavy atom. The molecule has 3 nitrogen and oxygen atoms in total. The zero-order valence-corrected chi connectivity index (χ0v) is 9.84. The molecule has 0 bridgehead atoms. The van der Waals surface area contributed by atoms with E-state index in [1.165, 1.54) is 17.4 Å². The third kappa shape index (κ3) is 1.59. The minimum Gasteiger partial charge on any atom is -0.481 e. The lowest BCUT2D eigenvalue weighted by molar-refractivity contribution is 0.398. The summed E-state index contributed by atoms with van der Waals surface area (Å²) in [6, 6.07) is 6.90. The summed E-state index contributed by atoms with van der Waals surface area (Å²) in [6.45, 7) is 0. The maximum absolute atomic E-state index is 13.6. The predicted molar refractivity (Wildman–Crippen MR) is 65.9 cm³/mol. The highest BCUT2D eigenvalue weighted by atomic mass is 32.1. The fourth-order valence-corrected chi connectivity index (χ4v) is 2.85. The molecule has 0 fully saturated rings. The zero-order chi connectivity index (χ0) is 11.8. The summed E-state index contributed by atoms with van der Waals surface area (Å²) in [6.07, 6.45) is 1.68. The van der Waals surface area contributed by atoms with Crippen LogP contribution in [0.15, 0.2) is 30.5 Å². The number of methoxy groups -OCH3 is 1. The molecule has 0 saturated carbocycles. The highest BCUT2D eigenvalue weighted by Gasteiger charge is 2.12. The lowest BCUT2D eigenvalue weighted by Crippen LogP contribution is -1.83. The molecule has 0 aliphatic carbocycles. The predicted octanol–water partition coefficient (Wildman–Crippen LogP) is 3.44. The first-order valence-corrected chi connectivity index (χ1v) is 5.87. The summed E-state index contributed by atoms with van der Waals surface area (Å²) >= 11 is 1.52. The molecule has 0 unspecified atom stereocenters. The highest BCUT2D eigenvalue weighted by molar-refractivity contribution is 7.22. The van der Waals surface area contributed by atoms with Crippen LogP contribution < -0.4 is 4.74 Å². The van der Waals surface area contributed by atoms with Crippen LogP contribution in [0, 0.1) is 5.82 Å². The van der Waals surface area contributed by atoms with Crippen LogP contribution in [0.2, 0.25) is 0 Å². The van der Waals surface area contributed by atoms with Crippen LogP contribution in [0.5, 0.6) is 5.88 Å². The van der Waals surface area contributed by atoms with Gasteiger partial charge in [-0.15, -0.1) is 11.3 Å².